The van der Waals surface area contributed by atoms with Crippen molar-refractivity contribution in [1.29, 1.82) is 0 Å². The molecule has 0 aliphatic carbocycles. The van der Waals surface area contributed by atoms with Crippen LogP contribution in [0, 0.1) is 5.82 Å². The van der Waals surface area contributed by atoms with Crippen molar-refractivity contribution in [3.05, 3.63) is 63.1 Å². The molecule has 3 rings (SSSR count). The molecule has 0 unspecified atom stereocenters. The Kier molecular flexibility index (Phi) is 3.58. The quantitative estimate of drug-likeness (QED) is 0.807. The normalized spacial score (nSPS) is 11.0. The maximum absolute atomic E-state index is 13.0. The SMILES string of the molecule is CCCn1c(=O)[nH]c(=O)c2ccc(-c3ccc(F)cc3)nc21. The number of halogens is 1. The predicted octanol–water partition coefficient (Wildman–Crippen LogP) is 2.30. The van der Waals surface area contributed by atoms with E-state index in [1.54, 1.807) is 24.3 Å². The first-order chi connectivity index (χ1) is 10.6. The summed E-state index contributed by atoms with van der Waals surface area (Å²) in [5, 5.41) is 0.360. The van der Waals surface area contributed by atoms with Gasteiger partial charge in [-0.1, -0.05) is 6.92 Å². The minimum atomic E-state index is -0.469. The van der Waals surface area contributed by atoms with Gasteiger partial charge < -0.3 is 0 Å². The predicted molar refractivity (Wildman–Crippen MR) is 82.3 cm³/mol. The lowest BCUT2D eigenvalue weighted by Gasteiger charge is -2.09. The molecule has 0 fully saturated rings. The Balaban J connectivity index is 2.28. The Hall–Kier alpha value is -2.76. The van der Waals surface area contributed by atoms with E-state index >= 15 is 0 Å². The van der Waals surface area contributed by atoms with Gasteiger partial charge in [0.05, 0.1) is 11.1 Å². The van der Waals surface area contributed by atoms with E-state index in [-0.39, 0.29) is 5.82 Å². The minimum Gasteiger partial charge on any atom is -0.278 e. The van der Waals surface area contributed by atoms with Crippen molar-refractivity contribution < 1.29 is 4.39 Å². The van der Waals surface area contributed by atoms with Gasteiger partial charge in [-0.15, -0.1) is 0 Å². The number of hydrogen-bond donors (Lipinski definition) is 1. The summed E-state index contributed by atoms with van der Waals surface area (Å²) in [6, 6.07) is 9.23. The van der Waals surface area contributed by atoms with E-state index in [2.05, 4.69) is 9.97 Å². The Bertz CT molecular complexity index is 942. The average molecular weight is 299 g/mol. The van der Waals surface area contributed by atoms with E-state index in [9.17, 15) is 14.0 Å². The highest BCUT2D eigenvalue weighted by Crippen LogP contribution is 2.19. The maximum Gasteiger partial charge on any atom is 0.329 e. The van der Waals surface area contributed by atoms with E-state index in [0.717, 1.165) is 12.0 Å². The highest BCUT2D eigenvalue weighted by Gasteiger charge is 2.10. The van der Waals surface area contributed by atoms with Crippen molar-refractivity contribution in [2.24, 2.45) is 0 Å². The maximum atomic E-state index is 13.0. The molecule has 2 aromatic heterocycles. The lowest BCUT2D eigenvalue weighted by molar-refractivity contribution is 0.628. The van der Waals surface area contributed by atoms with Crippen LogP contribution in [0.5, 0.6) is 0 Å². The molecule has 1 aromatic carbocycles. The number of hydrogen-bond acceptors (Lipinski definition) is 3. The van der Waals surface area contributed by atoms with Crippen LogP contribution in [0.15, 0.2) is 46.0 Å². The monoisotopic (exact) mass is 299 g/mol. The molecule has 2 heterocycles. The Morgan fingerprint density at radius 2 is 1.86 bits per heavy atom. The first-order valence-corrected chi connectivity index (χ1v) is 7.00. The van der Waals surface area contributed by atoms with Crippen LogP contribution in [0.3, 0.4) is 0 Å². The summed E-state index contributed by atoms with van der Waals surface area (Å²) in [6.45, 7) is 2.40. The van der Waals surface area contributed by atoms with Gasteiger partial charge in [-0.05, 0) is 42.8 Å². The molecule has 112 valence electrons. The minimum absolute atomic E-state index is 0.330. The lowest BCUT2D eigenvalue weighted by Crippen LogP contribution is -2.30. The second-order valence-corrected chi connectivity index (χ2v) is 4.99. The molecule has 5 nitrogen and oxygen atoms in total. The molecular formula is C16H14FN3O2. The fraction of sp³-hybridized carbons (Fsp3) is 0.188. The average Bonchev–Trinajstić information content (AvgIpc) is 2.51. The van der Waals surface area contributed by atoms with Crippen LogP contribution in [-0.2, 0) is 6.54 Å². The molecule has 0 atom stereocenters. The van der Waals surface area contributed by atoms with Gasteiger partial charge in [-0.25, -0.2) is 14.2 Å². The number of nitrogens with one attached hydrogen (secondary N) is 1. The molecule has 1 N–H and O–H groups in total. The van der Waals surface area contributed by atoms with Gasteiger partial charge in [0.15, 0.2) is 0 Å². The van der Waals surface area contributed by atoms with Gasteiger partial charge in [0, 0.05) is 12.1 Å². The van der Waals surface area contributed by atoms with Gasteiger partial charge in [-0.2, -0.15) is 0 Å². The number of nitrogens with zero attached hydrogens (tertiary/aromatic N) is 2. The number of aromatic nitrogens is 3. The Morgan fingerprint density at radius 3 is 2.55 bits per heavy atom. The molecular weight excluding hydrogens is 285 g/mol. The zero-order valence-corrected chi connectivity index (χ0v) is 12.0. The van der Waals surface area contributed by atoms with Crippen molar-refractivity contribution in [3.8, 4) is 11.3 Å². The highest BCUT2D eigenvalue weighted by atomic mass is 19.1. The molecule has 3 aromatic rings. The topological polar surface area (TPSA) is 67.8 Å². The van der Waals surface area contributed by atoms with Crippen LogP contribution in [0.4, 0.5) is 4.39 Å². The summed E-state index contributed by atoms with van der Waals surface area (Å²) in [6.07, 6.45) is 0.740. The molecule has 0 radical (unpaired) electrons. The van der Waals surface area contributed by atoms with Crippen LogP contribution in [0.25, 0.3) is 22.3 Å². The number of aryl methyl sites for hydroxylation is 1. The fourth-order valence-corrected chi connectivity index (χ4v) is 2.37. The molecule has 22 heavy (non-hydrogen) atoms. The van der Waals surface area contributed by atoms with Crippen LogP contribution >= 0.6 is 0 Å². The third-order valence-corrected chi connectivity index (χ3v) is 3.43. The smallest absolute Gasteiger partial charge is 0.278 e. The number of pyridine rings is 1. The zero-order valence-electron chi connectivity index (χ0n) is 12.0. The number of rotatable bonds is 3. The van der Waals surface area contributed by atoms with Crippen LogP contribution in [0.1, 0.15) is 13.3 Å². The third-order valence-electron chi connectivity index (χ3n) is 3.43. The van der Waals surface area contributed by atoms with Gasteiger partial charge in [0.1, 0.15) is 11.5 Å². The summed E-state index contributed by atoms with van der Waals surface area (Å²) in [5.74, 6) is -0.330. The molecule has 0 amide bonds. The number of fused-ring (bicyclic) bond motifs is 1. The summed E-state index contributed by atoms with van der Waals surface area (Å²) in [5.41, 5.74) is 0.729. The van der Waals surface area contributed by atoms with Gasteiger partial charge >= 0.3 is 5.69 Å². The second-order valence-electron chi connectivity index (χ2n) is 4.99. The lowest BCUT2D eigenvalue weighted by atomic mass is 10.1. The first-order valence-electron chi connectivity index (χ1n) is 7.00. The van der Waals surface area contributed by atoms with Gasteiger partial charge in [0.25, 0.3) is 5.56 Å². The standard InChI is InChI=1S/C16H14FN3O2/c1-2-9-20-14-12(15(21)19-16(20)22)7-8-13(18-14)10-3-5-11(17)6-4-10/h3-8H,2,9H2,1H3,(H,19,21,22). The van der Waals surface area contributed by atoms with E-state index < -0.39 is 11.2 Å². The second kappa shape index (κ2) is 5.55. The molecule has 0 bridgehead atoms. The van der Waals surface area contributed by atoms with Crippen LogP contribution in [0.2, 0.25) is 0 Å². The number of benzene rings is 1. The molecule has 6 heteroatoms. The number of H-pyrrole nitrogens is 1. The molecule has 0 spiro atoms. The van der Waals surface area contributed by atoms with Crippen molar-refractivity contribution in [1.82, 2.24) is 14.5 Å². The van der Waals surface area contributed by atoms with E-state index in [0.29, 0.717) is 23.3 Å². The van der Waals surface area contributed by atoms with Crippen molar-refractivity contribution in [3.63, 3.8) is 0 Å². The van der Waals surface area contributed by atoms with E-state index in [4.69, 9.17) is 0 Å². The van der Waals surface area contributed by atoms with Crippen molar-refractivity contribution in [2.75, 3.05) is 0 Å². The summed E-state index contributed by atoms with van der Waals surface area (Å²) < 4.78 is 14.5. The fourth-order valence-electron chi connectivity index (χ4n) is 2.37. The number of aromatic amines is 1. The van der Waals surface area contributed by atoms with Gasteiger partial charge in [0.2, 0.25) is 0 Å². The van der Waals surface area contributed by atoms with E-state index in [1.807, 2.05) is 6.92 Å². The molecule has 0 saturated carbocycles. The zero-order chi connectivity index (χ0) is 15.7. The van der Waals surface area contributed by atoms with Crippen molar-refractivity contribution in [2.45, 2.75) is 19.9 Å². The summed E-state index contributed by atoms with van der Waals surface area (Å²) >= 11 is 0. The molecule has 0 aliphatic rings. The first kappa shape index (κ1) is 14.2. The van der Waals surface area contributed by atoms with Crippen LogP contribution < -0.4 is 11.2 Å². The van der Waals surface area contributed by atoms with Gasteiger partial charge in [-0.3, -0.25) is 14.3 Å². The Labute approximate surface area is 125 Å². The van der Waals surface area contributed by atoms with Crippen molar-refractivity contribution >= 4 is 11.0 Å². The molecule has 0 aliphatic heterocycles. The highest BCUT2D eigenvalue weighted by molar-refractivity contribution is 5.77. The largest absolute Gasteiger partial charge is 0.329 e. The Morgan fingerprint density at radius 1 is 1.14 bits per heavy atom. The summed E-state index contributed by atoms with van der Waals surface area (Å²) in [4.78, 5) is 30.6. The van der Waals surface area contributed by atoms with E-state index in [1.165, 1.54) is 16.7 Å². The molecule has 0 saturated heterocycles. The summed E-state index contributed by atoms with van der Waals surface area (Å²) in [7, 11) is 0. The third kappa shape index (κ3) is 2.43. The van der Waals surface area contributed by atoms with Crippen LogP contribution in [-0.4, -0.2) is 14.5 Å².